The Labute approximate surface area is 182 Å². The first kappa shape index (κ1) is 21.3. The summed E-state index contributed by atoms with van der Waals surface area (Å²) < 4.78 is 11.7. The van der Waals surface area contributed by atoms with E-state index in [9.17, 15) is 14.9 Å². The largest absolute Gasteiger partial charge is 0.497 e. The summed E-state index contributed by atoms with van der Waals surface area (Å²) in [5.41, 5.74) is 1.38. The molecule has 3 aromatic carbocycles. The number of ether oxygens (including phenoxy) is 2. The molecular formula is C22H19BrN2O5. The number of rotatable bonds is 8. The molecule has 0 spiro atoms. The van der Waals surface area contributed by atoms with Crippen molar-refractivity contribution in [2.75, 3.05) is 18.6 Å². The fraction of sp³-hybridized carbons (Fsp3) is 0.136. The third-order valence-electron chi connectivity index (χ3n) is 4.35. The highest BCUT2D eigenvalue weighted by Gasteiger charge is 2.18. The predicted octanol–water partition coefficient (Wildman–Crippen LogP) is 4.98. The van der Waals surface area contributed by atoms with Gasteiger partial charge in [0.1, 0.15) is 11.5 Å². The Kier molecular flexibility index (Phi) is 7.03. The zero-order valence-electron chi connectivity index (χ0n) is 16.2. The number of methoxy groups -OCH3 is 1. The topological polar surface area (TPSA) is 81.9 Å². The Morgan fingerprint density at radius 2 is 1.57 bits per heavy atom. The first-order chi connectivity index (χ1) is 14.5. The summed E-state index contributed by atoms with van der Waals surface area (Å²) in [5.74, 6) is 1.01. The molecule has 0 saturated carbocycles. The molecule has 0 radical (unpaired) electrons. The number of hydrogen-bond acceptors (Lipinski definition) is 5. The summed E-state index contributed by atoms with van der Waals surface area (Å²) in [5, 5.41) is 10.9. The number of amides is 1. The quantitative estimate of drug-likeness (QED) is 0.342. The van der Waals surface area contributed by atoms with Crippen molar-refractivity contribution in [3.63, 3.8) is 0 Å². The zero-order valence-corrected chi connectivity index (χ0v) is 17.7. The van der Waals surface area contributed by atoms with Crippen molar-refractivity contribution in [3.8, 4) is 11.5 Å². The summed E-state index contributed by atoms with van der Waals surface area (Å²) in [6.45, 7) is 0.110. The SMILES string of the molecule is COc1ccc(CN(C(=O)COc2ccc(Br)cc2)c2ccc([N+](=O)[O-])cc2)cc1. The van der Waals surface area contributed by atoms with Crippen LogP contribution >= 0.6 is 15.9 Å². The molecule has 0 aromatic heterocycles. The maximum absolute atomic E-state index is 13.0. The number of hydrogen-bond donors (Lipinski definition) is 0. The number of nitro groups is 1. The van der Waals surface area contributed by atoms with Gasteiger partial charge in [-0.1, -0.05) is 28.1 Å². The molecule has 8 heteroatoms. The number of nitro benzene ring substituents is 1. The molecular weight excluding hydrogens is 452 g/mol. The highest BCUT2D eigenvalue weighted by atomic mass is 79.9. The number of carbonyl (C=O) groups excluding carboxylic acids is 1. The van der Waals surface area contributed by atoms with E-state index in [0.29, 0.717) is 17.2 Å². The Morgan fingerprint density at radius 3 is 2.13 bits per heavy atom. The number of halogens is 1. The molecule has 0 aliphatic carbocycles. The predicted molar refractivity (Wildman–Crippen MR) is 117 cm³/mol. The minimum Gasteiger partial charge on any atom is -0.497 e. The van der Waals surface area contributed by atoms with Gasteiger partial charge in [0, 0.05) is 22.3 Å². The minimum atomic E-state index is -0.476. The zero-order chi connectivity index (χ0) is 21.5. The summed E-state index contributed by atoms with van der Waals surface area (Å²) in [4.78, 5) is 25.0. The van der Waals surface area contributed by atoms with Crippen LogP contribution in [0.5, 0.6) is 11.5 Å². The molecule has 0 fully saturated rings. The van der Waals surface area contributed by atoms with E-state index < -0.39 is 4.92 Å². The van der Waals surface area contributed by atoms with E-state index in [1.165, 1.54) is 17.0 Å². The number of non-ortho nitro benzene ring substituents is 1. The van der Waals surface area contributed by atoms with Crippen LogP contribution in [0.1, 0.15) is 5.56 Å². The van der Waals surface area contributed by atoms with E-state index in [1.807, 2.05) is 36.4 Å². The third-order valence-corrected chi connectivity index (χ3v) is 4.88. The molecule has 0 aliphatic rings. The highest BCUT2D eigenvalue weighted by molar-refractivity contribution is 9.10. The van der Waals surface area contributed by atoms with Gasteiger partial charge in [-0.15, -0.1) is 0 Å². The van der Waals surface area contributed by atoms with Gasteiger partial charge in [0.05, 0.1) is 18.6 Å². The fourth-order valence-electron chi connectivity index (χ4n) is 2.75. The molecule has 0 aliphatic heterocycles. The van der Waals surface area contributed by atoms with Crippen LogP contribution in [0, 0.1) is 10.1 Å². The normalized spacial score (nSPS) is 10.3. The van der Waals surface area contributed by atoms with Crippen molar-refractivity contribution >= 4 is 33.2 Å². The molecule has 0 atom stereocenters. The van der Waals surface area contributed by atoms with Crippen LogP contribution in [0.15, 0.2) is 77.3 Å². The summed E-state index contributed by atoms with van der Waals surface area (Å²) >= 11 is 3.35. The smallest absolute Gasteiger partial charge is 0.269 e. The van der Waals surface area contributed by atoms with Crippen molar-refractivity contribution in [1.82, 2.24) is 0 Å². The van der Waals surface area contributed by atoms with Crippen LogP contribution in [-0.2, 0) is 11.3 Å². The van der Waals surface area contributed by atoms with E-state index in [0.717, 1.165) is 10.0 Å². The number of nitrogens with zero attached hydrogens (tertiary/aromatic N) is 2. The molecule has 30 heavy (non-hydrogen) atoms. The lowest BCUT2D eigenvalue weighted by Crippen LogP contribution is -2.34. The second kappa shape index (κ2) is 9.89. The first-order valence-electron chi connectivity index (χ1n) is 9.02. The van der Waals surface area contributed by atoms with Crippen LogP contribution < -0.4 is 14.4 Å². The maximum atomic E-state index is 13.0. The molecule has 0 bridgehead atoms. The van der Waals surface area contributed by atoms with Gasteiger partial charge in [-0.25, -0.2) is 0 Å². The van der Waals surface area contributed by atoms with Crippen LogP contribution in [0.4, 0.5) is 11.4 Å². The second-order valence-electron chi connectivity index (χ2n) is 6.34. The molecule has 3 aromatic rings. The molecule has 154 valence electrons. The van der Waals surface area contributed by atoms with Gasteiger partial charge in [0.2, 0.25) is 0 Å². The molecule has 7 nitrogen and oxygen atoms in total. The lowest BCUT2D eigenvalue weighted by atomic mass is 10.1. The van der Waals surface area contributed by atoms with Gasteiger partial charge in [0.25, 0.3) is 11.6 Å². The second-order valence-corrected chi connectivity index (χ2v) is 7.26. The fourth-order valence-corrected chi connectivity index (χ4v) is 3.01. The van der Waals surface area contributed by atoms with Crippen LogP contribution in [0.2, 0.25) is 0 Å². The number of benzene rings is 3. The van der Waals surface area contributed by atoms with E-state index in [1.54, 1.807) is 31.4 Å². The lowest BCUT2D eigenvalue weighted by molar-refractivity contribution is -0.384. The molecule has 3 rings (SSSR count). The Balaban J connectivity index is 1.80. The van der Waals surface area contributed by atoms with Crippen LogP contribution in [0.25, 0.3) is 0 Å². The first-order valence-corrected chi connectivity index (χ1v) is 9.81. The Hall–Kier alpha value is -3.39. The van der Waals surface area contributed by atoms with Crippen LogP contribution in [-0.4, -0.2) is 24.5 Å². The molecule has 0 unspecified atom stereocenters. The van der Waals surface area contributed by atoms with Gasteiger partial charge in [0.15, 0.2) is 6.61 Å². The van der Waals surface area contributed by atoms with E-state index in [4.69, 9.17) is 9.47 Å². The van der Waals surface area contributed by atoms with E-state index in [2.05, 4.69) is 15.9 Å². The average Bonchev–Trinajstić information content (AvgIpc) is 2.77. The standard InChI is InChI=1S/C22H19BrN2O5/c1-29-20-10-2-16(3-11-20)14-24(18-6-8-19(9-7-18)25(27)28)22(26)15-30-21-12-4-17(23)5-13-21/h2-13H,14-15H2,1H3. The van der Waals surface area contributed by atoms with E-state index >= 15 is 0 Å². The van der Waals surface area contributed by atoms with Crippen molar-refractivity contribution in [1.29, 1.82) is 0 Å². The van der Waals surface area contributed by atoms with Crippen molar-refractivity contribution in [2.24, 2.45) is 0 Å². The summed E-state index contributed by atoms with van der Waals surface area (Å²) in [7, 11) is 1.58. The van der Waals surface area contributed by atoms with Gasteiger partial charge in [-0.2, -0.15) is 0 Å². The maximum Gasteiger partial charge on any atom is 0.269 e. The highest BCUT2D eigenvalue weighted by Crippen LogP contribution is 2.23. The van der Waals surface area contributed by atoms with Crippen molar-refractivity contribution in [3.05, 3.63) is 92.9 Å². The Bertz CT molecular complexity index is 1010. The minimum absolute atomic E-state index is 0.0401. The monoisotopic (exact) mass is 470 g/mol. The molecule has 0 saturated heterocycles. The lowest BCUT2D eigenvalue weighted by Gasteiger charge is -2.23. The van der Waals surface area contributed by atoms with Crippen molar-refractivity contribution in [2.45, 2.75) is 6.54 Å². The average molecular weight is 471 g/mol. The number of carbonyl (C=O) groups is 1. The summed E-state index contributed by atoms with van der Waals surface area (Å²) in [6.07, 6.45) is 0. The molecule has 1 amide bonds. The van der Waals surface area contributed by atoms with Gasteiger partial charge in [-0.3, -0.25) is 14.9 Å². The van der Waals surface area contributed by atoms with Gasteiger partial charge < -0.3 is 14.4 Å². The molecule has 0 N–H and O–H groups in total. The van der Waals surface area contributed by atoms with E-state index in [-0.39, 0.29) is 24.7 Å². The Morgan fingerprint density at radius 1 is 0.967 bits per heavy atom. The number of anilines is 1. The van der Waals surface area contributed by atoms with Gasteiger partial charge in [-0.05, 0) is 54.1 Å². The summed E-state index contributed by atoms with van der Waals surface area (Å²) in [6, 6.07) is 20.4. The third kappa shape index (κ3) is 5.57. The van der Waals surface area contributed by atoms with Gasteiger partial charge >= 0.3 is 0 Å². The molecule has 0 heterocycles. The van der Waals surface area contributed by atoms with Crippen LogP contribution in [0.3, 0.4) is 0 Å². The van der Waals surface area contributed by atoms with Crippen molar-refractivity contribution < 1.29 is 19.2 Å².